The summed E-state index contributed by atoms with van der Waals surface area (Å²) in [4.78, 5) is 1.91. The Morgan fingerprint density at radius 1 is 1.12 bits per heavy atom. The number of hydrogen-bond donors (Lipinski definition) is 1. The van der Waals surface area contributed by atoms with Crippen LogP contribution in [-0.4, -0.2) is 28.9 Å². The Balaban J connectivity index is 2.21. The third-order valence-corrected chi connectivity index (χ3v) is 4.64. The number of hydrazone groups is 1. The van der Waals surface area contributed by atoms with Gasteiger partial charge in [-0.25, -0.2) is 9.22 Å². The van der Waals surface area contributed by atoms with E-state index < -0.39 is 15.8 Å². The summed E-state index contributed by atoms with van der Waals surface area (Å²) in [6.07, 6.45) is 1.23. The molecule has 2 aromatic rings. The van der Waals surface area contributed by atoms with Gasteiger partial charge >= 0.3 is 0 Å². The van der Waals surface area contributed by atoms with Gasteiger partial charge in [0.1, 0.15) is 5.82 Å². The van der Waals surface area contributed by atoms with Crippen LogP contribution >= 0.6 is 11.6 Å². The summed E-state index contributed by atoms with van der Waals surface area (Å²) in [5, 5.41) is 3.89. The predicted octanol–water partition coefficient (Wildman–Crippen LogP) is 2.81. The van der Waals surface area contributed by atoms with Gasteiger partial charge in [0.25, 0.3) is 10.0 Å². The number of hydrogen-bond acceptors (Lipinski definition) is 5. The molecule has 6 nitrogen and oxygen atoms in total. The van der Waals surface area contributed by atoms with Crippen molar-refractivity contribution in [2.75, 3.05) is 14.2 Å². The summed E-state index contributed by atoms with van der Waals surface area (Å²) in [6.45, 7) is 0. The first-order chi connectivity index (χ1) is 11.4. The van der Waals surface area contributed by atoms with Gasteiger partial charge in [-0.1, -0.05) is 11.6 Å². The zero-order chi connectivity index (χ0) is 17.7. The third-order valence-electron chi connectivity index (χ3n) is 3.02. The largest absolute Gasteiger partial charge is 0.493 e. The van der Waals surface area contributed by atoms with Gasteiger partial charge in [-0.15, -0.1) is 0 Å². The lowest BCUT2D eigenvalue weighted by molar-refractivity contribution is 0.355. The molecule has 9 heteroatoms. The molecule has 0 radical (unpaired) electrons. The van der Waals surface area contributed by atoms with Gasteiger partial charge in [0.15, 0.2) is 11.5 Å². The standard InChI is InChI=1S/C15H14ClFN2O4S/c1-22-13-8-3-10(14(16)15(13)23-2)9-18-19-24(20,21)12-6-4-11(17)5-7-12/h3-9,19H,1-2H3/b18-9+. The SMILES string of the molecule is COc1ccc(/C=N/NS(=O)(=O)c2ccc(F)cc2)c(Cl)c1OC. The molecule has 0 saturated heterocycles. The summed E-state index contributed by atoms with van der Waals surface area (Å²) in [5.41, 5.74) is 0.427. The average Bonchev–Trinajstić information content (AvgIpc) is 2.56. The van der Waals surface area contributed by atoms with E-state index in [1.807, 2.05) is 4.83 Å². The molecule has 0 atom stereocenters. The van der Waals surface area contributed by atoms with Crippen molar-refractivity contribution in [1.29, 1.82) is 0 Å². The summed E-state index contributed by atoms with van der Waals surface area (Å²) in [6, 6.07) is 7.57. The highest BCUT2D eigenvalue weighted by atomic mass is 35.5. The van der Waals surface area contributed by atoms with Crippen molar-refractivity contribution in [1.82, 2.24) is 4.83 Å². The van der Waals surface area contributed by atoms with E-state index in [2.05, 4.69) is 5.10 Å². The number of benzene rings is 2. The lowest BCUT2D eigenvalue weighted by atomic mass is 10.2. The van der Waals surface area contributed by atoms with Crippen molar-refractivity contribution in [2.45, 2.75) is 4.90 Å². The second-order valence-corrected chi connectivity index (χ2v) is 6.55. The monoisotopic (exact) mass is 372 g/mol. The molecule has 0 unspecified atom stereocenters. The van der Waals surface area contributed by atoms with Crippen molar-refractivity contribution >= 4 is 27.8 Å². The van der Waals surface area contributed by atoms with Crippen LogP contribution in [0.2, 0.25) is 5.02 Å². The van der Waals surface area contributed by atoms with Crippen molar-refractivity contribution < 1.29 is 22.3 Å². The number of nitrogens with zero attached hydrogens (tertiary/aromatic N) is 1. The molecule has 0 aliphatic heterocycles. The Labute approximate surface area is 143 Å². The van der Waals surface area contributed by atoms with Crippen molar-refractivity contribution in [3.8, 4) is 11.5 Å². The van der Waals surface area contributed by atoms with E-state index in [1.165, 1.54) is 20.4 Å². The lowest BCUT2D eigenvalue weighted by Gasteiger charge is -2.10. The second-order valence-electron chi connectivity index (χ2n) is 4.51. The van der Waals surface area contributed by atoms with Crippen molar-refractivity contribution in [2.24, 2.45) is 5.10 Å². The molecule has 2 rings (SSSR count). The maximum atomic E-state index is 12.8. The van der Waals surface area contributed by atoms with Gasteiger partial charge < -0.3 is 9.47 Å². The molecule has 0 amide bonds. The van der Waals surface area contributed by atoms with Crippen LogP contribution in [0.4, 0.5) is 4.39 Å². The average molecular weight is 373 g/mol. The fourth-order valence-electron chi connectivity index (χ4n) is 1.84. The van der Waals surface area contributed by atoms with Gasteiger partial charge in [0.2, 0.25) is 0 Å². The molecule has 0 aliphatic carbocycles. The lowest BCUT2D eigenvalue weighted by Crippen LogP contribution is -2.18. The Morgan fingerprint density at radius 3 is 2.38 bits per heavy atom. The number of ether oxygens (including phenoxy) is 2. The topological polar surface area (TPSA) is 77.0 Å². The van der Waals surface area contributed by atoms with E-state index in [4.69, 9.17) is 21.1 Å². The number of nitrogens with one attached hydrogen (secondary N) is 1. The minimum atomic E-state index is -3.90. The van der Waals surface area contributed by atoms with Crippen LogP contribution in [0.3, 0.4) is 0 Å². The summed E-state index contributed by atoms with van der Waals surface area (Å²) < 4.78 is 47.1. The first-order valence-corrected chi connectivity index (χ1v) is 8.46. The van der Waals surface area contributed by atoms with Crippen molar-refractivity contribution in [3.63, 3.8) is 0 Å². The van der Waals surface area contributed by atoms with Gasteiger partial charge in [0.05, 0.1) is 30.4 Å². The highest BCUT2D eigenvalue weighted by molar-refractivity contribution is 7.89. The Hall–Kier alpha value is -2.32. The predicted molar refractivity (Wildman–Crippen MR) is 88.9 cm³/mol. The van der Waals surface area contributed by atoms with Crippen molar-refractivity contribution in [3.05, 3.63) is 52.8 Å². The number of sulfonamides is 1. The van der Waals surface area contributed by atoms with Crippen LogP contribution in [0.25, 0.3) is 0 Å². The smallest absolute Gasteiger partial charge is 0.276 e. The third kappa shape index (κ3) is 3.95. The molecule has 0 heterocycles. The maximum Gasteiger partial charge on any atom is 0.276 e. The Bertz CT molecular complexity index is 855. The fraction of sp³-hybridized carbons (Fsp3) is 0.133. The highest BCUT2D eigenvalue weighted by Crippen LogP contribution is 2.36. The minimum Gasteiger partial charge on any atom is -0.493 e. The van der Waals surface area contributed by atoms with Crippen LogP contribution < -0.4 is 14.3 Å². The normalized spacial score (nSPS) is 11.5. The molecule has 0 spiro atoms. The van der Waals surface area contributed by atoms with Gasteiger partial charge in [-0.3, -0.25) is 0 Å². The van der Waals surface area contributed by atoms with Crippen LogP contribution in [0.5, 0.6) is 11.5 Å². The van der Waals surface area contributed by atoms with Gasteiger partial charge in [0, 0.05) is 5.56 Å². The molecular weight excluding hydrogens is 359 g/mol. The minimum absolute atomic E-state index is 0.112. The molecular formula is C15H14ClFN2O4S. The van der Waals surface area contributed by atoms with Crippen LogP contribution in [0.15, 0.2) is 46.4 Å². The van der Waals surface area contributed by atoms with E-state index >= 15 is 0 Å². The van der Waals surface area contributed by atoms with E-state index in [-0.39, 0.29) is 9.92 Å². The Morgan fingerprint density at radius 2 is 1.79 bits per heavy atom. The van der Waals surface area contributed by atoms with Crippen LogP contribution in [-0.2, 0) is 10.0 Å². The summed E-state index contributed by atoms with van der Waals surface area (Å²) in [7, 11) is -0.999. The van der Waals surface area contributed by atoms with E-state index in [0.717, 1.165) is 24.3 Å². The molecule has 0 fully saturated rings. The molecule has 2 aromatic carbocycles. The fourth-order valence-corrected chi connectivity index (χ4v) is 2.91. The molecule has 128 valence electrons. The molecule has 0 bridgehead atoms. The first kappa shape index (κ1) is 18.0. The van der Waals surface area contributed by atoms with E-state index in [9.17, 15) is 12.8 Å². The number of halogens is 2. The molecule has 1 N–H and O–H groups in total. The summed E-state index contributed by atoms with van der Waals surface area (Å²) >= 11 is 6.16. The molecule has 0 saturated carbocycles. The van der Waals surface area contributed by atoms with Crippen LogP contribution in [0, 0.1) is 5.82 Å². The second kappa shape index (κ2) is 7.50. The van der Waals surface area contributed by atoms with Gasteiger partial charge in [-0.2, -0.15) is 13.5 Å². The number of methoxy groups -OCH3 is 2. The molecule has 24 heavy (non-hydrogen) atoms. The molecule has 0 aliphatic rings. The maximum absolute atomic E-state index is 12.8. The summed E-state index contributed by atoms with van der Waals surface area (Å²) in [5.74, 6) is 0.214. The quantitative estimate of drug-likeness (QED) is 0.624. The highest BCUT2D eigenvalue weighted by Gasteiger charge is 2.14. The van der Waals surface area contributed by atoms with Gasteiger partial charge in [-0.05, 0) is 36.4 Å². The van der Waals surface area contributed by atoms with Crippen LogP contribution in [0.1, 0.15) is 5.56 Å². The molecule has 0 aromatic heterocycles. The Kier molecular flexibility index (Phi) is 5.63. The van der Waals surface area contributed by atoms with E-state index in [1.54, 1.807) is 12.1 Å². The zero-order valence-electron chi connectivity index (χ0n) is 12.8. The first-order valence-electron chi connectivity index (χ1n) is 6.60. The van der Waals surface area contributed by atoms with E-state index in [0.29, 0.717) is 17.1 Å². The number of rotatable bonds is 6. The zero-order valence-corrected chi connectivity index (χ0v) is 14.4.